The fourth-order valence-corrected chi connectivity index (χ4v) is 1.82. The molecule has 1 unspecified atom stereocenters. The number of cyclic esters (lactones) is 1. The molecule has 4 nitrogen and oxygen atoms in total. The van der Waals surface area contributed by atoms with Crippen LogP contribution in [0, 0.1) is 6.92 Å². The van der Waals surface area contributed by atoms with Crippen molar-refractivity contribution < 1.29 is 14.6 Å². The summed E-state index contributed by atoms with van der Waals surface area (Å²) >= 11 is 0. The van der Waals surface area contributed by atoms with Gasteiger partial charge in [0.25, 0.3) is 0 Å². The van der Waals surface area contributed by atoms with E-state index in [1.165, 1.54) is 0 Å². The van der Waals surface area contributed by atoms with Crippen molar-refractivity contribution in [3.05, 3.63) is 29.8 Å². The Kier molecular flexibility index (Phi) is 3.10. The number of carbonyl (C=O) groups is 1. The molecule has 1 heterocycles. The summed E-state index contributed by atoms with van der Waals surface area (Å²) in [7, 11) is 0. The van der Waals surface area contributed by atoms with Gasteiger partial charge in [-0.15, -0.1) is 0 Å². The van der Waals surface area contributed by atoms with Crippen LogP contribution >= 0.6 is 0 Å². The first-order valence-corrected chi connectivity index (χ1v) is 5.36. The molecule has 1 aromatic carbocycles. The number of aliphatic hydroxyl groups is 1. The van der Waals surface area contributed by atoms with Gasteiger partial charge in [-0.2, -0.15) is 0 Å². The maximum Gasteiger partial charge on any atom is 0.414 e. The van der Waals surface area contributed by atoms with E-state index in [9.17, 15) is 4.79 Å². The topological polar surface area (TPSA) is 49.8 Å². The SMILES string of the molecule is Cc1cccc(N2CC(CCO)OC2=O)c1. The largest absolute Gasteiger partial charge is 0.444 e. The minimum Gasteiger partial charge on any atom is -0.444 e. The van der Waals surface area contributed by atoms with Crippen LogP contribution in [0.1, 0.15) is 12.0 Å². The molecule has 2 rings (SSSR count). The third kappa shape index (κ3) is 2.17. The zero-order valence-corrected chi connectivity index (χ0v) is 9.22. The van der Waals surface area contributed by atoms with E-state index >= 15 is 0 Å². The Labute approximate surface area is 94.4 Å². The van der Waals surface area contributed by atoms with Crippen molar-refractivity contribution in [1.29, 1.82) is 0 Å². The van der Waals surface area contributed by atoms with E-state index in [0.717, 1.165) is 11.3 Å². The molecule has 4 heteroatoms. The molecule has 1 aliphatic heterocycles. The quantitative estimate of drug-likeness (QED) is 0.845. The molecule has 16 heavy (non-hydrogen) atoms. The van der Waals surface area contributed by atoms with E-state index in [1.54, 1.807) is 4.90 Å². The Morgan fingerprint density at radius 3 is 3.06 bits per heavy atom. The van der Waals surface area contributed by atoms with Crippen LogP contribution in [0.4, 0.5) is 10.5 Å². The van der Waals surface area contributed by atoms with Crippen LogP contribution in [-0.2, 0) is 4.74 Å². The number of anilines is 1. The summed E-state index contributed by atoms with van der Waals surface area (Å²) < 4.78 is 5.14. The predicted molar refractivity (Wildman–Crippen MR) is 60.5 cm³/mol. The second kappa shape index (κ2) is 4.53. The number of nitrogens with zero attached hydrogens (tertiary/aromatic N) is 1. The fourth-order valence-electron chi connectivity index (χ4n) is 1.82. The van der Waals surface area contributed by atoms with E-state index in [0.29, 0.717) is 13.0 Å². The summed E-state index contributed by atoms with van der Waals surface area (Å²) in [6, 6.07) is 7.73. The molecule has 1 N–H and O–H groups in total. The van der Waals surface area contributed by atoms with E-state index in [-0.39, 0.29) is 18.8 Å². The second-order valence-corrected chi connectivity index (χ2v) is 3.97. The molecule has 1 saturated heterocycles. The van der Waals surface area contributed by atoms with Crippen molar-refractivity contribution in [1.82, 2.24) is 0 Å². The van der Waals surface area contributed by atoms with Gasteiger partial charge >= 0.3 is 6.09 Å². The molecule has 86 valence electrons. The number of benzene rings is 1. The van der Waals surface area contributed by atoms with Gasteiger partial charge in [0.1, 0.15) is 6.10 Å². The van der Waals surface area contributed by atoms with Gasteiger partial charge in [-0.05, 0) is 24.6 Å². The molecule has 0 aromatic heterocycles. The average molecular weight is 221 g/mol. The van der Waals surface area contributed by atoms with Crippen LogP contribution in [0.2, 0.25) is 0 Å². The highest BCUT2D eigenvalue weighted by Gasteiger charge is 2.31. The number of aliphatic hydroxyl groups excluding tert-OH is 1. The van der Waals surface area contributed by atoms with Crippen LogP contribution in [0.25, 0.3) is 0 Å². The summed E-state index contributed by atoms with van der Waals surface area (Å²) in [5.74, 6) is 0. The summed E-state index contributed by atoms with van der Waals surface area (Å²) in [5, 5.41) is 8.80. The lowest BCUT2D eigenvalue weighted by Gasteiger charge is -2.13. The zero-order chi connectivity index (χ0) is 11.5. The molecule has 0 bridgehead atoms. The van der Waals surface area contributed by atoms with Crippen LogP contribution in [-0.4, -0.2) is 30.5 Å². The normalized spacial score (nSPS) is 20.0. The molecule has 1 aliphatic rings. The highest BCUT2D eigenvalue weighted by Crippen LogP contribution is 2.23. The zero-order valence-electron chi connectivity index (χ0n) is 9.22. The number of hydrogen-bond acceptors (Lipinski definition) is 3. The van der Waals surface area contributed by atoms with Gasteiger partial charge in [-0.3, -0.25) is 4.90 Å². The predicted octanol–water partition coefficient (Wildman–Crippen LogP) is 1.70. The lowest BCUT2D eigenvalue weighted by molar-refractivity contribution is 0.122. The molecule has 1 fully saturated rings. The third-order valence-electron chi connectivity index (χ3n) is 2.64. The molecule has 0 radical (unpaired) electrons. The fraction of sp³-hybridized carbons (Fsp3) is 0.417. The first-order chi connectivity index (χ1) is 7.70. The maximum absolute atomic E-state index is 11.6. The standard InChI is InChI=1S/C12H15NO3/c1-9-3-2-4-10(7-9)13-8-11(5-6-14)16-12(13)15/h2-4,7,11,14H,5-6,8H2,1H3. The minimum absolute atomic E-state index is 0.0413. The van der Waals surface area contributed by atoms with Gasteiger partial charge in [0, 0.05) is 18.7 Å². The summed E-state index contributed by atoms with van der Waals surface area (Å²) in [4.78, 5) is 13.2. The molecule has 1 atom stereocenters. The van der Waals surface area contributed by atoms with Gasteiger partial charge in [-0.1, -0.05) is 12.1 Å². The lowest BCUT2D eigenvalue weighted by Crippen LogP contribution is -2.24. The lowest BCUT2D eigenvalue weighted by atomic mass is 10.2. The Morgan fingerprint density at radius 2 is 2.38 bits per heavy atom. The third-order valence-corrected chi connectivity index (χ3v) is 2.64. The van der Waals surface area contributed by atoms with Crippen molar-refractivity contribution in [3.63, 3.8) is 0 Å². The Bertz CT molecular complexity index is 392. The van der Waals surface area contributed by atoms with Crippen molar-refractivity contribution in [3.8, 4) is 0 Å². The molecule has 0 saturated carbocycles. The van der Waals surface area contributed by atoms with Gasteiger partial charge < -0.3 is 9.84 Å². The van der Waals surface area contributed by atoms with Crippen LogP contribution in [0.15, 0.2) is 24.3 Å². The monoisotopic (exact) mass is 221 g/mol. The van der Waals surface area contributed by atoms with E-state index < -0.39 is 0 Å². The summed E-state index contributed by atoms with van der Waals surface area (Å²) in [6.45, 7) is 2.54. The molecule has 0 aliphatic carbocycles. The van der Waals surface area contributed by atoms with Gasteiger partial charge in [0.05, 0.1) is 6.54 Å². The van der Waals surface area contributed by atoms with E-state index in [4.69, 9.17) is 9.84 Å². The molecule has 1 amide bonds. The number of aryl methyl sites for hydroxylation is 1. The van der Waals surface area contributed by atoms with Crippen LogP contribution in [0.5, 0.6) is 0 Å². The smallest absolute Gasteiger partial charge is 0.414 e. The van der Waals surface area contributed by atoms with Crippen molar-refractivity contribution >= 4 is 11.8 Å². The Balaban J connectivity index is 2.13. The number of hydrogen-bond donors (Lipinski definition) is 1. The first-order valence-electron chi connectivity index (χ1n) is 5.36. The van der Waals surface area contributed by atoms with E-state index in [2.05, 4.69) is 0 Å². The highest BCUT2D eigenvalue weighted by atomic mass is 16.6. The second-order valence-electron chi connectivity index (χ2n) is 3.97. The molecular formula is C12H15NO3. The molecule has 1 aromatic rings. The minimum atomic E-state index is -0.330. The van der Waals surface area contributed by atoms with Crippen LogP contribution in [0.3, 0.4) is 0 Å². The number of amides is 1. The summed E-state index contributed by atoms with van der Waals surface area (Å²) in [5.41, 5.74) is 1.96. The maximum atomic E-state index is 11.6. The molecular weight excluding hydrogens is 206 g/mol. The van der Waals surface area contributed by atoms with Crippen molar-refractivity contribution in [2.75, 3.05) is 18.1 Å². The number of rotatable bonds is 3. The number of ether oxygens (including phenoxy) is 1. The van der Waals surface area contributed by atoms with Gasteiger partial charge in [-0.25, -0.2) is 4.79 Å². The van der Waals surface area contributed by atoms with Crippen molar-refractivity contribution in [2.45, 2.75) is 19.4 Å². The van der Waals surface area contributed by atoms with Gasteiger partial charge in [0.2, 0.25) is 0 Å². The van der Waals surface area contributed by atoms with E-state index in [1.807, 2.05) is 31.2 Å². The van der Waals surface area contributed by atoms with Crippen molar-refractivity contribution in [2.24, 2.45) is 0 Å². The number of carbonyl (C=O) groups excluding carboxylic acids is 1. The Morgan fingerprint density at radius 1 is 1.56 bits per heavy atom. The average Bonchev–Trinajstić information content (AvgIpc) is 2.60. The Hall–Kier alpha value is -1.55. The van der Waals surface area contributed by atoms with Gasteiger partial charge in [0.15, 0.2) is 0 Å². The highest BCUT2D eigenvalue weighted by molar-refractivity contribution is 5.89. The van der Waals surface area contributed by atoms with Crippen LogP contribution < -0.4 is 4.90 Å². The first kappa shape index (κ1) is 11.0. The summed E-state index contributed by atoms with van der Waals surface area (Å²) in [6.07, 6.45) is -0.0318. The molecule has 0 spiro atoms.